The maximum absolute atomic E-state index is 11.3. The summed E-state index contributed by atoms with van der Waals surface area (Å²) in [5.41, 5.74) is 2.02. The van der Waals surface area contributed by atoms with Crippen molar-refractivity contribution in [3.05, 3.63) is 0 Å². The van der Waals surface area contributed by atoms with Crippen LogP contribution in [-0.4, -0.2) is 25.3 Å². The van der Waals surface area contributed by atoms with Crippen molar-refractivity contribution in [3.8, 4) is 0 Å². The summed E-state index contributed by atoms with van der Waals surface area (Å²) in [5.74, 6) is 3.00. The van der Waals surface area contributed by atoms with Gasteiger partial charge in [-0.3, -0.25) is 4.79 Å². The van der Waals surface area contributed by atoms with Gasteiger partial charge < -0.3 is 9.47 Å². The number of hydrogen-bond acceptors (Lipinski definition) is 3. The standard InChI is InChI=1S/C31H50O3/c1-26(2)14-16-31-17-15-29(6)20(24(31)25(26)33-18-31)8-9-22-28(5)12-11-23(34-19-32)27(3,4)21(28)10-13-30(22,29)7/h19-25H,8-18H2,1-7H3/t20?,21-,22+,23-,24?,25+,28-,29+,30+,31+/m0/s1. The number of ether oxygens (including phenoxy) is 2. The van der Waals surface area contributed by atoms with Crippen molar-refractivity contribution in [2.24, 2.45) is 56.2 Å². The summed E-state index contributed by atoms with van der Waals surface area (Å²) in [6.07, 6.45) is 13.7. The number of carbonyl (C=O) groups is 1. The van der Waals surface area contributed by atoms with E-state index >= 15 is 0 Å². The Hall–Kier alpha value is -0.570. The first-order valence-corrected chi connectivity index (χ1v) is 14.6. The summed E-state index contributed by atoms with van der Waals surface area (Å²) in [5, 5.41) is 0. The van der Waals surface area contributed by atoms with E-state index in [-0.39, 0.29) is 11.5 Å². The molecule has 5 saturated carbocycles. The summed E-state index contributed by atoms with van der Waals surface area (Å²) in [6, 6.07) is 0. The smallest absolute Gasteiger partial charge is 0.293 e. The zero-order valence-electron chi connectivity index (χ0n) is 23.0. The first-order valence-electron chi connectivity index (χ1n) is 14.6. The highest BCUT2D eigenvalue weighted by Gasteiger charge is 2.72. The van der Waals surface area contributed by atoms with Crippen molar-refractivity contribution >= 4 is 6.47 Å². The highest BCUT2D eigenvalue weighted by atomic mass is 16.5. The molecule has 0 amide bonds. The lowest BCUT2D eigenvalue weighted by atomic mass is 9.31. The molecular formula is C31H50O3. The molecule has 6 aliphatic rings. The summed E-state index contributed by atoms with van der Waals surface area (Å²) >= 11 is 0. The van der Waals surface area contributed by atoms with E-state index in [1.54, 1.807) is 0 Å². The molecule has 3 heteroatoms. The van der Waals surface area contributed by atoms with Gasteiger partial charge in [-0.2, -0.15) is 0 Å². The Morgan fingerprint density at radius 1 is 0.765 bits per heavy atom. The van der Waals surface area contributed by atoms with Crippen LogP contribution in [0.15, 0.2) is 0 Å². The fraction of sp³-hybridized carbons (Fsp3) is 0.968. The van der Waals surface area contributed by atoms with Gasteiger partial charge in [-0.1, -0.05) is 48.5 Å². The first-order chi connectivity index (χ1) is 15.9. The van der Waals surface area contributed by atoms with Crippen molar-refractivity contribution in [2.45, 2.75) is 125 Å². The predicted molar refractivity (Wildman–Crippen MR) is 135 cm³/mol. The van der Waals surface area contributed by atoms with Crippen molar-refractivity contribution in [1.82, 2.24) is 0 Å². The molecule has 1 heterocycles. The Balaban J connectivity index is 1.36. The third-order valence-electron chi connectivity index (χ3n) is 14.3. The van der Waals surface area contributed by atoms with Gasteiger partial charge in [-0.05, 0) is 115 Å². The normalized spacial score (nSPS) is 56.9. The van der Waals surface area contributed by atoms with E-state index in [9.17, 15) is 4.79 Å². The van der Waals surface area contributed by atoms with Gasteiger partial charge >= 0.3 is 0 Å². The maximum Gasteiger partial charge on any atom is 0.293 e. The minimum atomic E-state index is 0.0595. The molecule has 2 unspecified atom stereocenters. The van der Waals surface area contributed by atoms with Crippen LogP contribution in [-0.2, 0) is 14.3 Å². The Labute approximate surface area is 208 Å². The van der Waals surface area contributed by atoms with Crippen LogP contribution in [0.3, 0.4) is 0 Å². The molecule has 2 bridgehead atoms. The zero-order chi connectivity index (χ0) is 24.4. The highest BCUT2D eigenvalue weighted by Crippen LogP contribution is 2.78. The fourth-order valence-electron chi connectivity index (χ4n) is 12.3. The van der Waals surface area contributed by atoms with Gasteiger partial charge in [0.2, 0.25) is 0 Å². The largest absolute Gasteiger partial charge is 0.464 e. The van der Waals surface area contributed by atoms with Crippen LogP contribution in [0, 0.1) is 56.2 Å². The molecular weight excluding hydrogens is 420 g/mol. The monoisotopic (exact) mass is 470 g/mol. The van der Waals surface area contributed by atoms with Gasteiger partial charge in [-0.15, -0.1) is 0 Å². The van der Waals surface area contributed by atoms with Gasteiger partial charge in [0, 0.05) is 5.41 Å². The van der Waals surface area contributed by atoms with Crippen LogP contribution in [0.1, 0.15) is 113 Å². The van der Waals surface area contributed by atoms with E-state index in [2.05, 4.69) is 48.5 Å². The van der Waals surface area contributed by atoms with Gasteiger partial charge in [-0.25, -0.2) is 0 Å². The van der Waals surface area contributed by atoms with Crippen LogP contribution in [0.5, 0.6) is 0 Å². The molecule has 1 saturated heterocycles. The van der Waals surface area contributed by atoms with Crippen LogP contribution < -0.4 is 0 Å². The lowest BCUT2D eigenvalue weighted by Crippen LogP contribution is -2.67. The quantitative estimate of drug-likeness (QED) is 0.394. The Bertz CT molecular complexity index is 863. The average molecular weight is 471 g/mol. The Morgan fingerprint density at radius 3 is 2.24 bits per heavy atom. The molecule has 6 rings (SSSR count). The minimum absolute atomic E-state index is 0.0595. The third kappa shape index (κ3) is 2.67. The SMILES string of the molecule is CC1(C)CC[C@]23CC[C@]4(C)C(CC[C@@H]5[C@@]6(C)CC[C@H](OC=O)C(C)(C)[C@@H]6CC[C@]54C)C2[C@H]1OC3. The summed E-state index contributed by atoms with van der Waals surface area (Å²) < 4.78 is 12.4. The second-order valence-corrected chi connectivity index (χ2v) is 15.9. The van der Waals surface area contributed by atoms with Crippen molar-refractivity contribution < 1.29 is 14.3 Å². The summed E-state index contributed by atoms with van der Waals surface area (Å²) in [6.45, 7) is 19.6. The molecule has 0 aromatic heterocycles. The van der Waals surface area contributed by atoms with E-state index in [1.807, 2.05) is 0 Å². The minimum Gasteiger partial charge on any atom is -0.464 e. The molecule has 34 heavy (non-hydrogen) atoms. The van der Waals surface area contributed by atoms with E-state index in [0.717, 1.165) is 30.8 Å². The molecule has 0 spiro atoms. The van der Waals surface area contributed by atoms with Gasteiger partial charge in [0.25, 0.3) is 6.47 Å². The predicted octanol–water partition coefficient (Wildman–Crippen LogP) is 7.42. The molecule has 0 aromatic rings. The molecule has 0 radical (unpaired) electrons. The molecule has 192 valence electrons. The lowest BCUT2D eigenvalue weighted by Gasteiger charge is -2.73. The van der Waals surface area contributed by atoms with Gasteiger partial charge in [0.1, 0.15) is 6.10 Å². The number of rotatable bonds is 2. The second-order valence-electron chi connectivity index (χ2n) is 15.9. The van der Waals surface area contributed by atoms with E-state index < -0.39 is 0 Å². The third-order valence-corrected chi connectivity index (χ3v) is 14.3. The zero-order valence-corrected chi connectivity index (χ0v) is 23.0. The van der Waals surface area contributed by atoms with Crippen molar-refractivity contribution in [2.75, 3.05) is 6.61 Å². The molecule has 3 nitrogen and oxygen atoms in total. The van der Waals surface area contributed by atoms with Crippen LogP contribution in [0.4, 0.5) is 0 Å². The van der Waals surface area contributed by atoms with Gasteiger partial charge in [0.15, 0.2) is 0 Å². The number of carbonyl (C=O) groups excluding carboxylic acids is 1. The van der Waals surface area contributed by atoms with Crippen molar-refractivity contribution in [3.63, 3.8) is 0 Å². The van der Waals surface area contributed by atoms with Crippen molar-refractivity contribution in [1.29, 1.82) is 0 Å². The van der Waals surface area contributed by atoms with Crippen LogP contribution in [0.25, 0.3) is 0 Å². The molecule has 0 aromatic carbocycles. The number of hydrogen-bond donors (Lipinski definition) is 0. The molecule has 1 aliphatic heterocycles. The first kappa shape index (κ1) is 23.8. The van der Waals surface area contributed by atoms with E-state index in [0.29, 0.717) is 45.6 Å². The second kappa shape index (κ2) is 7.05. The Kier molecular flexibility index (Phi) is 4.93. The summed E-state index contributed by atoms with van der Waals surface area (Å²) in [4.78, 5) is 11.3. The molecule has 0 N–H and O–H groups in total. The summed E-state index contributed by atoms with van der Waals surface area (Å²) in [7, 11) is 0. The topological polar surface area (TPSA) is 35.5 Å². The van der Waals surface area contributed by atoms with Gasteiger partial charge in [0.05, 0.1) is 12.7 Å². The maximum atomic E-state index is 11.3. The Morgan fingerprint density at radius 2 is 1.50 bits per heavy atom. The van der Waals surface area contributed by atoms with E-state index in [4.69, 9.17) is 9.47 Å². The molecule has 6 fully saturated rings. The highest BCUT2D eigenvalue weighted by molar-refractivity contribution is 5.38. The molecule has 10 atom stereocenters. The van der Waals surface area contributed by atoms with Crippen LogP contribution in [0.2, 0.25) is 0 Å². The van der Waals surface area contributed by atoms with E-state index in [1.165, 1.54) is 57.8 Å². The lowest BCUT2D eigenvalue weighted by molar-refractivity contribution is -0.253. The average Bonchev–Trinajstić information content (AvgIpc) is 3.10. The van der Waals surface area contributed by atoms with Crippen LogP contribution >= 0.6 is 0 Å². The molecule has 5 aliphatic carbocycles. The fourth-order valence-corrected chi connectivity index (χ4v) is 12.3. The number of fused-ring (bicyclic) bond motifs is 5.